The van der Waals surface area contributed by atoms with Gasteiger partial charge in [-0.05, 0) is 34.6 Å². The highest BCUT2D eigenvalue weighted by atomic mass is 16.7. The molecule has 0 saturated carbocycles. The molecule has 0 unspecified atom stereocenters. The average molecular weight is 210 g/mol. The van der Waals surface area contributed by atoms with Crippen LogP contribution in [0.4, 0.5) is 0 Å². The molecule has 0 aliphatic carbocycles. The van der Waals surface area contributed by atoms with Crippen LogP contribution in [0.3, 0.4) is 0 Å². The molecule has 15 heavy (non-hydrogen) atoms. The molecule has 0 bridgehead atoms. The van der Waals surface area contributed by atoms with Crippen molar-refractivity contribution >= 4 is 12.9 Å². The molecule has 1 aromatic heterocycles. The van der Waals surface area contributed by atoms with Gasteiger partial charge in [0.1, 0.15) is 0 Å². The molecule has 6 heteroatoms. The first kappa shape index (κ1) is 10.6. The molecule has 1 fully saturated rings. The lowest BCUT2D eigenvalue weighted by Gasteiger charge is -2.32. The van der Waals surface area contributed by atoms with Crippen molar-refractivity contribution in [3.63, 3.8) is 0 Å². The van der Waals surface area contributed by atoms with Crippen LogP contribution in [0.25, 0.3) is 0 Å². The molecule has 1 aliphatic rings. The van der Waals surface area contributed by atoms with Gasteiger partial charge in [-0.2, -0.15) is 4.98 Å². The Labute approximate surface area is 89.3 Å². The molecular formula is C9H15BN2O3. The first-order valence-electron chi connectivity index (χ1n) is 4.98. The molecule has 0 aromatic carbocycles. The van der Waals surface area contributed by atoms with Crippen LogP contribution in [-0.2, 0) is 9.31 Å². The summed E-state index contributed by atoms with van der Waals surface area (Å²) >= 11 is 0. The second-order valence-corrected chi connectivity index (χ2v) is 4.77. The Hall–Kier alpha value is -0.875. The molecule has 1 aromatic rings. The number of hydrogen-bond acceptors (Lipinski definition) is 5. The SMILES string of the molecule is Cc1noc(B2OC(C)(C)C(C)(C)O2)n1. The zero-order valence-corrected chi connectivity index (χ0v) is 9.70. The Morgan fingerprint density at radius 3 is 2.00 bits per heavy atom. The van der Waals surface area contributed by atoms with E-state index in [1.54, 1.807) is 6.92 Å². The van der Waals surface area contributed by atoms with E-state index in [-0.39, 0.29) is 11.2 Å². The summed E-state index contributed by atoms with van der Waals surface area (Å²) in [5.74, 6) is 0.964. The molecule has 2 rings (SSSR count). The highest BCUT2D eigenvalue weighted by molar-refractivity contribution is 6.59. The van der Waals surface area contributed by atoms with Crippen LogP contribution in [0.2, 0.25) is 0 Å². The summed E-state index contributed by atoms with van der Waals surface area (Å²) in [5, 5.41) is 3.71. The fourth-order valence-corrected chi connectivity index (χ4v) is 1.35. The topological polar surface area (TPSA) is 57.4 Å². The van der Waals surface area contributed by atoms with Crippen LogP contribution in [0.5, 0.6) is 0 Å². The minimum Gasteiger partial charge on any atom is -0.396 e. The maximum atomic E-state index is 5.74. The normalized spacial score (nSPS) is 23.4. The monoisotopic (exact) mass is 210 g/mol. The van der Waals surface area contributed by atoms with E-state index in [4.69, 9.17) is 13.8 Å². The van der Waals surface area contributed by atoms with Gasteiger partial charge in [0.25, 0.3) is 5.79 Å². The molecule has 0 atom stereocenters. The summed E-state index contributed by atoms with van der Waals surface area (Å²) in [6.45, 7) is 9.69. The summed E-state index contributed by atoms with van der Waals surface area (Å²) in [5.41, 5.74) is -0.750. The highest BCUT2D eigenvalue weighted by Crippen LogP contribution is 2.36. The molecule has 2 heterocycles. The first-order chi connectivity index (χ1) is 6.82. The summed E-state index contributed by atoms with van der Waals surface area (Å²) in [6, 6.07) is 0. The predicted octanol–water partition coefficient (Wildman–Crippen LogP) is 0.677. The Bertz CT molecular complexity index is 359. The second kappa shape index (κ2) is 3.06. The standard InChI is InChI=1S/C9H15BN2O3/c1-6-11-7(13-12-6)10-14-8(2,3)9(4,5)15-10/h1-5H3. The summed E-state index contributed by atoms with van der Waals surface area (Å²) < 4.78 is 16.5. The molecule has 5 nitrogen and oxygen atoms in total. The molecule has 1 saturated heterocycles. The summed E-state index contributed by atoms with van der Waals surface area (Å²) in [6.07, 6.45) is 0. The van der Waals surface area contributed by atoms with E-state index >= 15 is 0 Å². The van der Waals surface area contributed by atoms with Gasteiger partial charge in [0.05, 0.1) is 11.2 Å². The Kier molecular flexibility index (Phi) is 2.17. The third-order valence-corrected chi connectivity index (χ3v) is 3.00. The van der Waals surface area contributed by atoms with Gasteiger partial charge in [-0.1, -0.05) is 5.16 Å². The average Bonchev–Trinajstić information content (AvgIpc) is 2.56. The van der Waals surface area contributed by atoms with Crippen molar-refractivity contribution in [1.29, 1.82) is 0 Å². The van der Waals surface area contributed by atoms with Gasteiger partial charge in [0.2, 0.25) is 0 Å². The molecule has 0 radical (unpaired) electrons. The number of nitrogens with zero attached hydrogens (tertiary/aromatic N) is 2. The quantitative estimate of drug-likeness (QED) is 0.637. The predicted molar refractivity (Wildman–Crippen MR) is 54.8 cm³/mol. The van der Waals surface area contributed by atoms with Crippen molar-refractivity contribution in [2.24, 2.45) is 0 Å². The van der Waals surface area contributed by atoms with E-state index in [1.165, 1.54) is 0 Å². The maximum absolute atomic E-state index is 5.74. The smallest absolute Gasteiger partial charge is 0.396 e. The molecule has 0 amide bonds. The number of rotatable bonds is 1. The molecule has 0 N–H and O–H groups in total. The fourth-order valence-electron chi connectivity index (χ4n) is 1.35. The van der Waals surface area contributed by atoms with Crippen LogP contribution in [-0.4, -0.2) is 28.5 Å². The van der Waals surface area contributed by atoms with Crippen molar-refractivity contribution in [2.45, 2.75) is 45.8 Å². The second-order valence-electron chi connectivity index (χ2n) is 4.77. The van der Waals surface area contributed by atoms with E-state index in [2.05, 4.69) is 10.1 Å². The van der Waals surface area contributed by atoms with Gasteiger partial charge < -0.3 is 13.8 Å². The van der Waals surface area contributed by atoms with Crippen molar-refractivity contribution in [3.05, 3.63) is 5.82 Å². The van der Waals surface area contributed by atoms with E-state index in [1.807, 2.05) is 27.7 Å². The molecule has 82 valence electrons. The van der Waals surface area contributed by atoms with Crippen LogP contribution in [0, 0.1) is 6.92 Å². The van der Waals surface area contributed by atoms with E-state index in [0.717, 1.165) is 0 Å². The van der Waals surface area contributed by atoms with Crippen molar-refractivity contribution in [2.75, 3.05) is 0 Å². The third-order valence-electron chi connectivity index (χ3n) is 3.00. The Balaban J connectivity index is 2.23. The van der Waals surface area contributed by atoms with Crippen molar-refractivity contribution < 1.29 is 13.8 Å². The fraction of sp³-hybridized carbons (Fsp3) is 0.778. The van der Waals surface area contributed by atoms with Crippen molar-refractivity contribution in [1.82, 2.24) is 10.1 Å². The zero-order valence-electron chi connectivity index (χ0n) is 9.70. The number of hydrogen-bond donors (Lipinski definition) is 0. The zero-order chi connectivity index (χ0) is 11.3. The Morgan fingerprint density at radius 2 is 1.60 bits per heavy atom. The first-order valence-corrected chi connectivity index (χ1v) is 4.98. The molecular weight excluding hydrogens is 195 g/mol. The van der Waals surface area contributed by atoms with E-state index < -0.39 is 7.12 Å². The lowest BCUT2D eigenvalue weighted by Crippen LogP contribution is -2.41. The highest BCUT2D eigenvalue weighted by Gasteiger charge is 2.54. The Morgan fingerprint density at radius 1 is 1.07 bits per heavy atom. The van der Waals surface area contributed by atoms with Gasteiger partial charge in [-0.3, -0.25) is 0 Å². The van der Waals surface area contributed by atoms with Gasteiger partial charge in [0.15, 0.2) is 5.82 Å². The summed E-state index contributed by atoms with van der Waals surface area (Å²) in [7, 11) is -0.559. The van der Waals surface area contributed by atoms with Gasteiger partial charge in [0, 0.05) is 0 Å². The molecule has 1 aliphatic heterocycles. The lowest BCUT2D eigenvalue weighted by molar-refractivity contribution is 0.00578. The van der Waals surface area contributed by atoms with E-state index in [0.29, 0.717) is 11.6 Å². The number of aryl methyl sites for hydroxylation is 1. The minimum atomic E-state index is -0.559. The minimum absolute atomic E-state index is 0.375. The van der Waals surface area contributed by atoms with Crippen LogP contribution >= 0.6 is 0 Å². The lowest BCUT2D eigenvalue weighted by atomic mass is 9.90. The van der Waals surface area contributed by atoms with Gasteiger partial charge in [-0.25, -0.2) is 0 Å². The summed E-state index contributed by atoms with van der Waals surface area (Å²) in [4.78, 5) is 4.10. The third kappa shape index (κ3) is 1.68. The van der Waals surface area contributed by atoms with Gasteiger partial charge in [-0.15, -0.1) is 0 Å². The van der Waals surface area contributed by atoms with Crippen LogP contribution < -0.4 is 5.79 Å². The number of aromatic nitrogens is 2. The van der Waals surface area contributed by atoms with Crippen molar-refractivity contribution in [3.8, 4) is 0 Å². The van der Waals surface area contributed by atoms with Crippen LogP contribution in [0.15, 0.2) is 4.52 Å². The van der Waals surface area contributed by atoms with Gasteiger partial charge >= 0.3 is 7.12 Å². The largest absolute Gasteiger partial charge is 0.558 e. The van der Waals surface area contributed by atoms with E-state index in [9.17, 15) is 0 Å². The van der Waals surface area contributed by atoms with Crippen LogP contribution in [0.1, 0.15) is 33.5 Å². The maximum Gasteiger partial charge on any atom is 0.558 e. The molecule has 0 spiro atoms.